The number of rotatable bonds is 8. The molecular weight excluding hydrogens is 478 g/mol. The van der Waals surface area contributed by atoms with Gasteiger partial charge in [-0.15, -0.1) is 10.2 Å². The van der Waals surface area contributed by atoms with E-state index >= 15 is 0 Å². The molecular formula is C23H18F2N6O3S. The van der Waals surface area contributed by atoms with Crippen LogP contribution in [-0.2, 0) is 16.7 Å². The number of nitriles is 1. The second-order valence-electron chi connectivity index (χ2n) is 7.36. The van der Waals surface area contributed by atoms with Gasteiger partial charge in [0.15, 0.2) is 0 Å². The molecule has 0 atom stereocenters. The van der Waals surface area contributed by atoms with Gasteiger partial charge in [-0.05, 0) is 30.2 Å². The molecule has 0 spiro atoms. The summed E-state index contributed by atoms with van der Waals surface area (Å²) in [5.41, 5.74) is 2.33. The van der Waals surface area contributed by atoms with Gasteiger partial charge in [-0.2, -0.15) is 18.8 Å². The van der Waals surface area contributed by atoms with Crippen LogP contribution in [0.15, 0.2) is 73.3 Å². The van der Waals surface area contributed by atoms with Crippen molar-refractivity contribution in [3.05, 3.63) is 96.1 Å². The predicted octanol–water partition coefficient (Wildman–Crippen LogP) is 3.19. The fourth-order valence-corrected chi connectivity index (χ4v) is 3.93. The highest BCUT2D eigenvalue weighted by molar-refractivity contribution is 7.84. The van der Waals surface area contributed by atoms with Gasteiger partial charge in [0, 0.05) is 29.8 Å². The van der Waals surface area contributed by atoms with Crippen molar-refractivity contribution in [2.45, 2.75) is 6.42 Å². The first-order chi connectivity index (χ1) is 16.7. The molecule has 0 saturated carbocycles. The Morgan fingerprint density at radius 3 is 2.29 bits per heavy atom. The third kappa shape index (κ3) is 5.60. The number of halogens is 2. The molecule has 3 aromatic carbocycles. The molecule has 0 fully saturated rings. The molecule has 4 aromatic rings. The highest BCUT2D eigenvalue weighted by Crippen LogP contribution is 2.29. The van der Waals surface area contributed by atoms with E-state index in [1.54, 1.807) is 27.9 Å². The number of benzene rings is 3. The Labute approximate surface area is 199 Å². The largest absolute Gasteiger partial charge is 0.380 e. The van der Waals surface area contributed by atoms with E-state index in [2.05, 4.69) is 20.4 Å². The molecule has 2 N–H and O–H groups in total. The van der Waals surface area contributed by atoms with Crippen LogP contribution in [0.3, 0.4) is 0 Å². The van der Waals surface area contributed by atoms with Gasteiger partial charge < -0.3 is 4.18 Å². The van der Waals surface area contributed by atoms with Crippen molar-refractivity contribution in [2.24, 2.45) is 5.14 Å². The van der Waals surface area contributed by atoms with E-state index in [4.69, 9.17) is 5.14 Å². The van der Waals surface area contributed by atoms with Crippen LogP contribution in [0.25, 0.3) is 11.1 Å². The van der Waals surface area contributed by atoms with E-state index < -0.39 is 27.7 Å². The maximum atomic E-state index is 14.6. The van der Waals surface area contributed by atoms with E-state index in [0.717, 1.165) is 17.7 Å². The molecule has 35 heavy (non-hydrogen) atoms. The third-order valence-electron chi connectivity index (χ3n) is 5.09. The number of hydrogen-bond donors (Lipinski definition) is 1. The highest BCUT2D eigenvalue weighted by Gasteiger charge is 2.18. The summed E-state index contributed by atoms with van der Waals surface area (Å²) in [5, 5.41) is 23.6. The minimum atomic E-state index is -4.43. The van der Waals surface area contributed by atoms with E-state index in [1.165, 1.54) is 12.7 Å². The van der Waals surface area contributed by atoms with E-state index in [-0.39, 0.29) is 18.5 Å². The summed E-state index contributed by atoms with van der Waals surface area (Å²) < 4.78 is 57.3. The highest BCUT2D eigenvalue weighted by atomic mass is 32.2. The van der Waals surface area contributed by atoms with Crippen LogP contribution in [0.4, 0.5) is 14.5 Å². The average molecular weight is 496 g/mol. The zero-order valence-corrected chi connectivity index (χ0v) is 18.9. The van der Waals surface area contributed by atoms with Gasteiger partial charge in [-0.3, -0.25) is 5.01 Å². The number of nitrogens with two attached hydrogens (primary N) is 1. The summed E-state index contributed by atoms with van der Waals surface area (Å²) in [7, 11) is -4.43. The van der Waals surface area contributed by atoms with Crippen LogP contribution in [0.5, 0.6) is 5.75 Å². The summed E-state index contributed by atoms with van der Waals surface area (Å²) in [4.78, 5) is 0. The zero-order chi connectivity index (χ0) is 25.0. The average Bonchev–Trinajstić information content (AvgIpc) is 3.34. The lowest BCUT2D eigenvalue weighted by Gasteiger charge is -2.26. The van der Waals surface area contributed by atoms with Gasteiger partial charge in [-0.1, -0.05) is 30.3 Å². The SMILES string of the molecule is N#Cc1ccc(N(CCc2c(F)cc(OS(N)(=O)=O)cc2F)n2cnnc2)cc1-c1ccccc1. The fraction of sp³-hybridized carbons (Fsp3) is 0.0870. The Balaban J connectivity index is 1.68. The van der Waals surface area contributed by atoms with E-state index in [0.29, 0.717) is 16.8 Å². The number of nitrogens with zero attached hydrogens (tertiary/aromatic N) is 5. The minimum Gasteiger partial charge on any atom is -0.371 e. The summed E-state index contributed by atoms with van der Waals surface area (Å²) in [6, 6.07) is 18.2. The second kappa shape index (κ2) is 9.88. The Kier molecular flexibility index (Phi) is 6.72. The zero-order valence-electron chi connectivity index (χ0n) is 18.0. The Morgan fingerprint density at radius 2 is 1.69 bits per heavy atom. The topological polar surface area (TPSA) is 127 Å². The lowest BCUT2D eigenvalue weighted by Crippen LogP contribution is -2.31. The Bertz CT molecular complexity index is 1470. The molecule has 1 aromatic heterocycles. The molecule has 0 saturated heterocycles. The molecule has 12 heteroatoms. The molecule has 0 amide bonds. The van der Waals surface area contributed by atoms with Crippen molar-refractivity contribution < 1.29 is 21.4 Å². The summed E-state index contributed by atoms with van der Waals surface area (Å²) in [5.74, 6) is -2.55. The van der Waals surface area contributed by atoms with Crippen LogP contribution in [0.1, 0.15) is 11.1 Å². The van der Waals surface area contributed by atoms with Crippen molar-refractivity contribution in [2.75, 3.05) is 11.6 Å². The van der Waals surface area contributed by atoms with Crippen molar-refractivity contribution >= 4 is 16.0 Å². The van der Waals surface area contributed by atoms with E-state index in [9.17, 15) is 22.5 Å². The lowest BCUT2D eigenvalue weighted by molar-refractivity contribution is 0.477. The van der Waals surface area contributed by atoms with Crippen LogP contribution in [0.2, 0.25) is 0 Å². The molecule has 0 aliphatic carbocycles. The molecule has 9 nitrogen and oxygen atoms in total. The fourth-order valence-electron chi connectivity index (χ4n) is 3.56. The first-order valence-corrected chi connectivity index (χ1v) is 11.6. The summed E-state index contributed by atoms with van der Waals surface area (Å²) >= 11 is 0. The van der Waals surface area contributed by atoms with Gasteiger partial charge in [0.25, 0.3) is 0 Å². The first-order valence-electron chi connectivity index (χ1n) is 10.2. The van der Waals surface area contributed by atoms with Gasteiger partial charge in [-0.25, -0.2) is 13.5 Å². The molecule has 0 radical (unpaired) electrons. The monoisotopic (exact) mass is 496 g/mol. The van der Waals surface area contributed by atoms with Crippen molar-refractivity contribution in [1.29, 1.82) is 5.26 Å². The van der Waals surface area contributed by atoms with E-state index in [1.807, 2.05) is 30.3 Å². The summed E-state index contributed by atoms with van der Waals surface area (Å²) in [6.45, 7) is 0.0847. The molecule has 4 rings (SSSR count). The van der Waals surface area contributed by atoms with Crippen LogP contribution < -0.4 is 14.3 Å². The smallest absolute Gasteiger partial charge is 0.371 e. The van der Waals surface area contributed by atoms with Gasteiger partial charge in [0.1, 0.15) is 30.0 Å². The van der Waals surface area contributed by atoms with Crippen molar-refractivity contribution in [1.82, 2.24) is 14.9 Å². The maximum Gasteiger partial charge on any atom is 0.380 e. The molecule has 178 valence electrons. The van der Waals surface area contributed by atoms with Crippen LogP contribution >= 0.6 is 0 Å². The quantitative estimate of drug-likeness (QED) is 0.397. The van der Waals surface area contributed by atoms with Crippen molar-refractivity contribution in [3.8, 4) is 22.9 Å². The minimum absolute atomic E-state index is 0.0847. The molecule has 0 aliphatic rings. The standard InChI is InChI=1S/C23H18F2N6O3S/c24-22-11-19(34-35(27,32)33)12-23(25)20(22)8-9-31(30-14-28-29-15-30)18-7-6-17(13-26)21(10-18)16-4-2-1-3-5-16/h1-7,10-12,14-15H,8-9H2,(H2,27,32,33). The predicted molar refractivity (Wildman–Crippen MR) is 123 cm³/mol. The Morgan fingerprint density at radius 1 is 1.03 bits per heavy atom. The molecule has 0 aliphatic heterocycles. The normalized spacial score (nSPS) is 11.1. The second-order valence-corrected chi connectivity index (χ2v) is 8.52. The first kappa shape index (κ1) is 23.8. The van der Waals surface area contributed by atoms with Crippen LogP contribution in [0, 0.1) is 23.0 Å². The Hall–Kier alpha value is -4.34. The maximum absolute atomic E-state index is 14.6. The van der Waals surface area contributed by atoms with Gasteiger partial charge >= 0.3 is 10.3 Å². The molecule has 0 bridgehead atoms. The van der Waals surface area contributed by atoms with Crippen molar-refractivity contribution in [3.63, 3.8) is 0 Å². The molecule has 0 unspecified atom stereocenters. The molecule has 1 heterocycles. The van der Waals surface area contributed by atoms with Gasteiger partial charge in [0.05, 0.1) is 17.3 Å². The lowest BCUT2D eigenvalue weighted by atomic mass is 9.99. The number of hydrogen-bond acceptors (Lipinski definition) is 7. The van der Waals surface area contributed by atoms with Gasteiger partial charge in [0.2, 0.25) is 0 Å². The third-order valence-corrected chi connectivity index (χ3v) is 5.52. The summed E-state index contributed by atoms with van der Waals surface area (Å²) in [6.07, 6.45) is 2.75. The number of aromatic nitrogens is 3. The van der Waals surface area contributed by atoms with Crippen LogP contribution in [-0.4, -0.2) is 29.8 Å². The number of anilines is 1.